The lowest BCUT2D eigenvalue weighted by molar-refractivity contribution is 0.206. The van der Waals surface area contributed by atoms with Crippen LogP contribution < -0.4 is 0 Å². The van der Waals surface area contributed by atoms with Crippen molar-refractivity contribution in [1.29, 1.82) is 0 Å². The van der Waals surface area contributed by atoms with Crippen LogP contribution in [0.3, 0.4) is 0 Å². The summed E-state index contributed by atoms with van der Waals surface area (Å²) in [7, 11) is -4.17. The lowest BCUT2D eigenvalue weighted by atomic mass is 10.9. The van der Waals surface area contributed by atoms with E-state index in [2.05, 4.69) is 14.5 Å². The first-order chi connectivity index (χ1) is 8.06. The van der Waals surface area contributed by atoms with Gasteiger partial charge < -0.3 is 9.79 Å². The first-order valence-corrected chi connectivity index (χ1v) is 7.82. The first-order valence-electron chi connectivity index (χ1n) is 4.40. The lowest BCUT2D eigenvalue weighted by Crippen LogP contribution is -1.84. The van der Waals surface area contributed by atoms with E-state index in [1.165, 1.54) is 6.92 Å². The first kappa shape index (κ1) is 16.4. The number of hydrogen-bond donors (Lipinski definition) is 2. The van der Waals surface area contributed by atoms with Crippen LogP contribution >= 0.6 is 30.5 Å². The van der Waals surface area contributed by atoms with Crippen molar-refractivity contribution < 1.29 is 18.9 Å². The second-order valence-electron chi connectivity index (χ2n) is 2.26. The van der Waals surface area contributed by atoms with Crippen LogP contribution in [-0.4, -0.2) is 26.4 Å². The van der Waals surface area contributed by atoms with Crippen molar-refractivity contribution in [1.82, 2.24) is 9.97 Å². The fraction of sp³-hybridized carbons (Fsp3) is 0.250. The maximum atomic E-state index is 9.70. The average molecular weight is 296 g/mol. The highest BCUT2D eigenvalue weighted by atomic mass is 32.1. The van der Waals surface area contributed by atoms with Gasteiger partial charge in [-0.2, -0.15) is 0 Å². The normalized spacial score (nSPS) is 9.59. The highest BCUT2D eigenvalue weighted by Crippen LogP contribution is 2.34. The van der Waals surface area contributed by atoms with Crippen LogP contribution in [0.1, 0.15) is 6.92 Å². The molecule has 0 spiro atoms. The molecule has 2 heterocycles. The molecule has 0 unspecified atom stereocenters. The lowest BCUT2D eigenvalue weighted by Gasteiger charge is -1.98. The molecule has 0 aliphatic heterocycles. The Balaban J connectivity index is 0.000000229. The van der Waals surface area contributed by atoms with Gasteiger partial charge in [0.1, 0.15) is 0 Å². The third-order valence-electron chi connectivity index (χ3n) is 0.992. The van der Waals surface area contributed by atoms with Crippen molar-refractivity contribution in [2.24, 2.45) is 0 Å². The molecule has 0 radical (unpaired) electrons. The van der Waals surface area contributed by atoms with E-state index in [-0.39, 0.29) is 6.61 Å². The second kappa shape index (κ2) is 10.5. The molecule has 0 amide bonds. The van der Waals surface area contributed by atoms with Crippen LogP contribution in [0.5, 0.6) is 0 Å². The zero-order valence-electron chi connectivity index (χ0n) is 9.04. The molecule has 0 aromatic carbocycles. The van der Waals surface area contributed by atoms with E-state index in [0.29, 0.717) is 0 Å². The molecule has 0 saturated heterocycles. The topological polar surface area (TPSA) is 92.5 Å². The summed E-state index contributed by atoms with van der Waals surface area (Å²) in [4.78, 5) is 23.3. The van der Waals surface area contributed by atoms with Gasteiger partial charge in [0.05, 0.1) is 17.6 Å². The van der Waals surface area contributed by atoms with E-state index in [4.69, 9.17) is 9.79 Å². The highest BCUT2D eigenvalue weighted by Gasteiger charge is 2.10. The molecule has 2 aromatic heterocycles. The van der Waals surface area contributed by atoms with E-state index in [0.717, 1.165) is 0 Å². The SMILES string of the molecule is CCOP(=O)(O)O.c1cscn1.c1cscn1. The molecule has 0 bridgehead atoms. The number of thiazole rings is 2. The molecule has 0 atom stereocenters. The molecule has 0 fully saturated rings. The van der Waals surface area contributed by atoms with Crippen LogP contribution in [-0.2, 0) is 9.09 Å². The van der Waals surface area contributed by atoms with Crippen LogP contribution in [0.2, 0.25) is 0 Å². The summed E-state index contributed by atoms with van der Waals surface area (Å²) in [5.74, 6) is 0. The number of rotatable bonds is 2. The molecule has 96 valence electrons. The van der Waals surface area contributed by atoms with Crippen LogP contribution in [0, 0.1) is 0 Å². The van der Waals surface area contributed by atoms with Gasteiger partial charge in [0.25, 0.3) is 0 Å². The Morgan fingerprint density at radius 3 is 1.71 bits per heavy atom. The van der Waals surface area contributed by atoms with Crippen molar-refractivity contribution in [2.75, 3.05) is 6.61 Å². The minimum absolute atomic E-state index is 0.0459. The molecule has 9 heteroatoms. The van der Waals surface area contributed by atoms with Gasteiger partial charge in [-0.3, -0.25) is 14.5 Å². The van der Waals surface area contributed by atoms with Crippen LogP contribution in [0.15, 0.2) is 34.2 Å². The maximum absolute atomic E-state index is 9.70. The van der Waals surface area contributed by atoms with Gasteiger partial charge in [-0.15, -0.1) is 22.7 Å². The summed E-state index contributed by atoms with van der Waals surface area (Å²) in [6.45, 7) is 1.56. The van der Waals surface area contributed by atoms with Gasteiger partial charge in [0.15, 0.2) is 0 Å². The molecule has 2 rings (SSSR count). The summed E-state index contributed by atoms with van der Waals surface area (Å²) >= 11 is 3.20. The Morgan fingerprint density at radius 2 is 1.65 bits per heavy atom. The van der Waals surface area contributed by atoms with Gasteiger partial charge in [-0.25, -0.2) is 4.57 Å². The summed E-state index contributed by atoms with van der Waals surface area (Å²) < 4.78 is 13.6. The molecule has 17 heavy (non-hydrogen) atoms. The van der Waals surface area contributed by atoms with E-state index in [1.54, 1.807) is 46.1 Å². The molecule has 6 nitrogen and oxygen atoms in total. The minimum atomic E-state index is -4.17. The Bertz CT molecular complexity index is 315. The number of aromatic nitrogens is 2. The van der Waals surface area contributed by atoms with Crippen molar-refractivity contribution in [3.05, 3.63) is 34.2 Å². The standard InChI is InChI=1S/2C3H3NS.C2H7O4P/c2*1-2-5-3-4-1;1-2-6-7(3,4)5/h2*1-3H;2H2,1H3,(H2,3,4,5). The Morgan fingerprint density at radius 1 is 1.18 bits per heavy atom. The smallest absolute Gasteiger partial charge is 0.303 e. The minimum Gasteiger partial charge on any atom is -0.303 e. The van der Waals surface area contributed by atoms with Gasteiger partial charge in [0, 0.05) is 23.2 Å². The van der Waals surface area contributed by atoms with E-state index in [1.807, 2.05) is 10.8 Å². The fourth-order valence-electron chi connectivity index (χ4n) is 0.520. The van der Waals surface area contributed by atoms with Gasteiger partial charge >= 0.3 is 7.82 Å². The fourth-order valence-corrected chi connectivity index (χ4v) is 1.56. The zero-order valence-corrected chi connectivity index (χ0v) is 11.6. The molecular formula is C8H13N2O4PS2. The van der Waals surface area contributed by atoms with Gasteiger partial charge in [-0.1, -0.05) is 0 Å². The van der Waals surface area contributed by atoms with Crippen LogP contribution in [0.25, 0.3) is 0 Å². The average Bonchev–Trinajstić information content (AvgIpc) is 2.96. The van der Waals surface area contributed by atoms with E-state index >= 15 is 0 Å². The summed E-state index contributed by atoms with van der Waals surface area (Å²) in [6, 6.07) is 0. The second-order valence-corrected chi connectivity index (χ2v) is 5.01. The van der Waals surface area contributed by atoms with Crippen molar-refractivity contribution in [2.45, 2.75) is 6.92 Å². The molecule has 2 N–H and O–H groups in total. The molecule has 0 saturated carbocycles. The van der Waals surface area contributed by atoms with E-state index in [9.17, 15) is 4.57 Å². The number of hydrogen-bond acceptors (Lipinski definition) is 6. The molecular weight excluding hydrogens is 283 g/mol. The highest BCUT2D eigenvalue weighted by molar-refractivity contribution is 7.46. The largest absolute Gasteiger partial charge is 0.469 e. The number of phosphoric ester groups is 1. The summed E-state index contributed by atoms with van der Waals surface area (Å²) in [6.07, 6.45) is 3.54. The van der Waals surface area contributed by atoms with Gasteiger partial charge in [0.2, 0.25) is 0 Å². The number of nitrogens with zero attached hydrogens (tertiary/aromatic N) is 2. The predicted octanol–water partition coefficient (Wildman–Crippen LogP) is 2.40. The van der Waals surface area contributed by atoms with Crippen molar-refractivity contribution >= 4 is 30.5 Å². The quantitative estimate of drug-likeness (QED) is 0.827. The molecule has 0 aliphatic rings. The third-order valence-corrected chi connectivity index (χ3v) is 2.63. The monoisotopic (exact) mass is 296 g/mol. The van der Waals surface area contributed by atoms with Gasteiger partial charge in [-0.05, 0) is 6.92 Å². The third kappa shape index (κ3) is 15.4. The van der Waals surface area contributed by atoms with Crippen molar-refractivity contribution in [3.63, 3.8) is 0 Å². The van der Waals surface area contributed by atoms with Crippen LogP contribution in [0.4, 0.5) is 0 Å². The Hall–Kier alpha value is -0.630. The van der Waals surface area contributed by atoms with Crippen molar-refractivity contribution in [3.8, 4) is 0 Å². The number of phosphoric acid groups is 1. The summed E-state index contributed by atoms with van der Waals surface area (Å²) in [5, 5.41) is 3.86. The zero-order chi connectivity index (χ0) is 13.0. The summed E-state index contributed by atoms with van der Waals surface area (Å²) in [5.41, 5.74) is 3.58. The van der Waals surface area contributed by atoms with E-state index < -0.39 is 7.82 Å². The predicted molar refractivity (Wildman–Crippen MR) is 67.9 cm³/mol. The molecule has 2 aromatic rings. The Labute approximate surface area is 107 Å². The molecule has 0 aliphatic carbocycles. The maximum Gasteiger partial charge on any atom is 0.469 e. The Kier molecular flexibility index (Phi) is 10.1.